The Balaban J connectivity index is 1.79. The van der Waals surface area contributed by atoms with Crippen LogP contribution in [0.3, 0.4) is 0 Å². The van der Waals surface area contributed by atoms with Gasteiger partial charge in [0.25, 0.3) is 0 Å². The van der Waals surface area contributed by atoms with E-state index in [0.29, 0.717) is 0 Å². The van der Waals surface area contributed by atoms with E-state index in [1.807, 2.05) is 12.1 Å². The molecule has 106 valence electrons. The number of aromatic nitrogens is 2. The second-order valence-electron chi connectivity index (χ2n) is 5.49. The first kappa shape index (κ1) is 13.2. The molecule has 0 saturated carbocycles. The molecule has 0 atom stereocenters. The highest BCUT2D eigenvalue weighted by atomic mass is 16.5. The van der Waals surface area contributed by atoms with Crippen LogP contribution in [0.4, 0.5) is 5.82 Å². The van der Waals surface area contributed by atoms with E-state index in [0.717, 1.165) is 41.5 Å². The Morgan fingerprint density at radius 3 is 2.90 bits per heavy atom. The summed E-state index contributed by atoms with van der Waals surface area (Å²) in [7, 11) is 1.68. The van der Waals surface area contributed by atoms with Crippen LogP contribution in [0.15, 0.2) is 24.5 Å². The third-order valence-corrected chi connectivity index (χ3v) is 4.05. The molecule has 0 bridgehead atoms. The van der Waals surface area contributed by atoms with Gasteiger partial charge in [-0.05, 0) is 24.5 Å². The molecule has 4 heteroatoms. The molecule has 0 spiro atoms. The van der Waals surface area contributed by atoms with Gasteiger partial charge >= 0.3 is 0 Å². The van der Waals surface area contributed by atoms with Crippen molar-refractivity contribution in [2.45, 2.75) is 26.2 Å². The Kier molecular flexibility index (Phi) is 3.72. The number of rotatable bonds is 5. The van der Waals surface area contributed by atoms with Gasteiger partial charge in [-0.15, -0.1) is 0 Å². The average Bonchev–Trinajstić information content (AvgIpc) is 2.45. The van der Waals surface area contributed by atoms with Crippen LogP contribution in [0.5, 0.6) is 5.75 Å². The summed E-state index contributed by atoms with van der Waals surface area (Å²) in [6.45, 7) is 4.50. The topological polar surface area (TPSA) is 38.2 Å². The normalized spacial score (nSPS) is 15.4. The van der Waals surface area contributed by atoms with Crippen LogP contribution in [-0.2, 0) is 0 Å². The van der Waals surface area contributed by atoms with E-state index in [-0.39, 0.29) is 0 Å². The Morgan fingerprint density at radius 1 is 1.30 bits per heavy atom. The maximum Gasteiger partial charge on any atom is 0.139 e. The fourth-order valence-corrected chi connectivity index (χ4v) is 2.82. The van der Waals surface area contributed by atoms with Crippen molar-refractivity contribution < 1.29 is 4.74 Å². The summed E-state index contributed by atoms with van der Waals surface area (Å²) < 4.78 is 5.25. The van der Waals surface area contributed by atoms with Gasteiger partial charge < -0.3 is 9.64 Å². The zero-order chi connectivity index (χ0) is 13.9. The second kappa shape index (κ2) is 5.65. The molecule has 1 saturated heterocycles. The summed E-state index contributed by atoms with van der Waals surface area (Å²) in [5, 5.41) is 1.11. The lowest BCUT2D eigenvalue weighted by Crippen LogP contribution is -2.47. The predicted molar refractivity (Wildman–Crippen MR) is 81.3 cm³/mol. The summed E-state index contributed by atoms with van der Waals surface area (Å²) in [5.74, 6) is 2.73. The number of fused-ring (bicyclic) bond motifs is 1. The molecule has 1 aromatic carbocycles. The molecule has 3 rings (SSSR count). The van der Waals surface area contributed by atoms with Crippen LogP contribution in [0.1, 0.15) is 26.2 Å². The molecule has 1 aliphatic heterocycles. The van der Waals surface area contributed by atoms with Gasteiger partial charge in [0.2, 0.25) is 0 Å². The first-order chi connectivity index (χ1) is 9.81. The molecular formula is C16H21N3O. The van der Waals surface area contributed by atoms with Crippen LogP contribution in [0.25, 0.3) is 10.9 Å². The standard InChI is InChI=1S/C16H21N3O/c1-3-4-5-12-9-19(10-12)16-14-7-6-13(20-2)8-15(14)17-11-18-16/h6-8,11-12H,3-5,9-10H2,1-2H3. The van der Waals surface area contributed by atoms with E-state index < -0.39 is 0 Å². The number of hydrogen-bond donors (Lipinski definition) is 0. The minimum absolute atomic E-state index is 0.832. The van der Waals surface area contributed by atoms with Gasteiger partial charge in [0.05, 0.1) is 12.6 Å². The SMILES string of the molecule is CCCCC1CN(c2ncnc3cc(OC)ccc23)C1. The number of unbranched alkanes of at least 4 members (excludes halogenated alkanes) is 1. The summed E-state index contributed by atoms with van der Waals surface area (Å²) in [5.41, 5.74) is 0.950. The molecule has 4 nitrogen and oxygen atoms in total. The summed E-state index contributed by atoms with van der Waals surface area (Å²) in [6, 6.07) is 6.00. The van der Waals surface area contributed by atoms with Gasteiger partial charge in [0, 0.05) is 24.5 Å². The van der Waals surface area contributed by atoms with Crippen LogP contribution in [0.2, 0.25) is 0 Å². The van der Waals surface area contributed by atoms with Crippen molar-refractivity contribution in [1.82, 2.24) is 9.97 Å². The van der Waals surface area contributed by atoms with Crippen molar-refractivity contribution in [3.8, 4) is 5.75 Å². The maximum absolute atomic E-state index is 5.25. The Labute approximate surface area is 119 Å². The molecule has 1 fully saturated rings. The molecule has 2 aromatic rings. The fourth-order valence-electron chi connectivity index (χ4n) is 2.82. The van der Waals surface area contributed by atoms with Crippen molar-refractivity contribution in [3.05, 3.63) is 24.5 Å². The molecule has 1 aliphatic rings. The number of ether oxygens (including phenoxy) is 1. The molecule has 20 heavy (non-hydrogen) atoms. The largest absolute Gasteiger partial charge is 0.497 e. The minimum Gasteiger partial charge on any atom is -0.497 e. The van der Waals surface area contributed by atoms with E-state index in [9.17, 15) is 0 Å². The highest BCUT2D eigenvalue weighted by molar-refractivity contribution is 5.90. The lowest BCUT2D eigenvalue weighted by atomic mass is 9.94. The van der Waals surface area contributed by atoms with E-state index in [4.69, 9.17) is 4.74 Å². The maximum atomic E-state index is 5.25. The van der Waals surface area contributed by atoms with Gasteiger partial charge in [-0.3, -0.25) is 0 Å². The van der Waals surface area contributed by atoms with Crippen molar-refractivity contribution in [2.24, 2.45) is 5.92 Å². The molecule has 0 N–H and O–H groups in total. The Bertz CT molecular complexity index is 593. The minimum atomic E-state index is 0.832. The van der Waals surface area contributed by atoms with Gasteiger partial charge in [0.1, 0.15) is 17.9 Å². The molecule has 0 unspecified atom stereocenters. The number of methoxy groups -OCH3 is 1. The van der Waals surface area contributed by atoms with E-state index in [1.54, 1.807) is 13.4 Å². The molecular weight excluding hydrogens is 250 g/mol. The van der Waals surface area contributed by atoms with Crippen LogP contribution >= 0.6 is 0 Å². The third kappa shape index (κ3) is 2.42. The first-order valence-electron chi connectivity index (χ1n) is 7.35. The van der Waals surface area contributed by atoms with Crippen molar-refractivity contribution in [3.63, 3.8) is 0 Å². The van der Waals surface area contributed by atoms with E-state index >= 15 is 0 Å². The number of anilines is 1. The first-order valence-corrected chi connectivity index (χ1v) is 7.35. The summed E-state index contributed by atoms with van der Waals surface area (Å²) in [6.07, 6.45) is 5.60. The average molecular weight is 271 g/mol. The molecule has 2 heterocycles. The number of nitrogens with zero attached hydrogens (tertiary/aromatic N) is 3. The molecule has 1 aromatic heterocycles. The Hall–Kier alpha value is -1.84. The van der Waals surface area contributed by atoms with Crippen LogP contribution in [0, 0.1) is 5.92 Å². The second-order valence-corrected chi connectivity index (χ2v) is 5.49. The van der Waals surface area contributed by atoms with Crippen LogP contribution < -0.4 is 9.64 Å². The van der Waals surface area contributed by atoms with Crippen molar-refractivity contribution in [2.75, 3.05) is 25.1 Å². The summed E-state index contributed by atoms with van der Waals surface area (Å²) >= 11 is 0. The van der Waals surface area contributed by atoms with Gasteiger partial charge in [-0.25, -0.2) is 9.97 Å². The highest BCUT2D eigenvalue weighted by Gasteiger charge is 2.28. The molecule has 0 radical (unpaired) electrons. The van der Waals surface area contributed by atoms with Gasteiger partial charge in [-0.2, -0.15) is 0 Å². The van der Waals surface area contributed by atoms with Crippen LogP contribution in [-0.4, -0.2) is 30.2 Å². The zero-order valence-electron chi connectivity index (χ0n) is 12.2. The summed E-state index contributed by atoms with van der Waals surface area (Å²) in [4.78, 5) is 11.2. The quantitative estimate of drug-likeness (QED) is 0.836. The lowest BCUT2D eigenvalue weighted by Gasteiger charge is -2.40. The van der Waals surface area contributed by atoms with E-state index in [1.165, 1.54) is 19.3 Å². The third-order valence-electron chi connectivity index (χ3n) is 4.05. The lowest BCUT2D eigenvalue weighted by molar-refractivity contribution is 0.371. The molecule has 0 aliphatic carbocycles. The highest BCUT2D eigenvalue weighted by Crippen LogP contribution is 2.32. The predicted octanol–water partition coefficient (Wildman–Crippen LogP) is 3.26. The van der Waals surface area contributed by atoms with Crippen molar-refractivity contribution in [1.29, 1.82) is 0 Å². The van der Waals surface area contributed by atoms with Gasteiger partial charge in [0.15, 0.2) is 0 Å². The smallest absolute Gasteiger partial charge is 0.139 e. The number of benzene rings is 1. The van der Waals surface area contributed by atoms with Gasteiger partial charge in [-0.1, -0.05) is 19.8 Å². The van der Waals surface area contributed by atoms with Crippen molar-refractivity contribution >= 4 is 16.7 Å². The monoisotopic (exact) mass is 271 g/mol. The fraction of sp³-hybridized carbons (Fsp3) is 0.500. The Morgan fingerprint density at radius 2 is 2.15 bits per heavy atom. The molecule has 0 amide bonds. The van der Waals surface area contributed by atoms with E-state index in [2.05, 4.69) is 27.9 Å². The zero-order valence-corrected chi connectivity index (χ0v) is 12.2. The number of hydrogen-bond acceptors (Lipinski definition) is 4.